The molecule has 1 atom stereocenters. The standard InChI is InChI=1S/C20H29N7O2/c1-3-4-6-14-12-19(26-10-5-7-16(13-26)22-2)25-20(23-14)24-15-8-9-17(21)18(11-15)27(28)29/h8-9,11-12,16,22H,3-7,10,13,21H2,1-2H3,(H,23,24,25). The number of anilines is 4. The van der Waals surface area contributed by atoms with Crippen LogP contribution in [0, 0.1) is 10.1 Å². The molecule has 1 aromatic carbocycles. The number of benzene rings is 1. The van der Waals surface area contributed by atoms with Gasteiger partial charge in [-0.3, -0.25) is 10.1 Å². The lowest BCUT2D eigenvalue weighted by Gasteiger charge is -2.33. The Labute approximate surface area is 170 Å². The largest absolute Gasteiger partial charge is 0.393 e. The van der Waals surface area contributed by atoms with E-state index in [0.29, 0.717) is 17.7 Å². The molecule has 1 aliphatic heterocycles. The number of nitrogens with two attached hydrogens (primary N) is 1. The van der Waals surface area contributed by atoms with Crippen molar-refractivity contribution in [1.82, 2.24) is 15.3 Å². The topological polar surface area (TPSA) is 122 Å². The molecule has 1 fully saturated rings. The predicted octanol–water partition coefficient (Wildman–Crippen LogP) is 3.24. The van der Waals surface area contributed by atoms with Crippen molar-refractivity contribution in [3.8, 4) is 0 Å². The molecule has 1 saturated heterocycles. The van der Waals surface area contributed by atoms with Gasteiger partial charge in [-0.2, -0.15) is 4.98 Å². The van der Waals surface area contributed by atoms with Gasteiger partial charge in [-0.05, 0) is 44.9 Å². The van der Waals surface area contributed by atoms with E-state index >= 15 is 0 Å². The second-order valence-corrected chi connectivity index (χ2v) is 7.37. The number of hydrogen-bond acceptors (Lipinski definition) is 8. The van der Waals surface area contributed by atoms with E-state index in [9.17, 15) is 10.1 Å². The number of unbranched alkanes of at least 4 members (excludes halogenated alkanes) is 1. The summed E-state index contributed by atoms with van der Waals surface area (Å²) >= 11 is 0. The summed E-state index contributed by atoms with van der Waals surface area (Å²) in [5, 5.41) is 17.6. The van der Waals surface area contributed by atoms with Crippen molar-refractivity contribution in [2.24, 2.45) is 0 Å². The third-order valence-electron chi connectivity index (χ3n) is 5.19. The van der Waals surface area contributed by atoms with Crippen LogP contribution in [0.25, 0.3) is 0 Å². The van der Waals surface area contributed by atoms with Crippen molar-refractivity contribution >= 4 is 28.8 Å². The maximum atomic E-state index is 11.2. The number of nitrogen functional groups attached to an aromatic ring is 1. The van der Waals surface area contributed by atoms with Gasteiger partial charge in [0, 0.05) is 42.6 Å². The number of nitrogens with one attached hydrogen (secondary N) is 2. The van der Waals surface area contributed by atoms with Crippen molar-refractivity contribution in [2.45, 2.75) is 45.1 Å². The highest BCUT2D eigenvalue weighted by Crippen LogP contribution is 2.27. The summed E-state index contributed by atoms with van der Waals surface area (Å²) in [6.07, 6.45) is 5.25. The molecule has 1 aromatic heterocycles. The highest BCUT2D eigenvalue weighted by atomic mass is 16.6. The number of hydrogen-bond donors (Lipinski definition) is 3. The smallest absolute Gasteiger partial charge is 0.294 e. The minimum absolute atomic E-state index is 0.130. The summed E-state index contributed by atoms with van der Waals surface area (Å²) < 4.78 is 0. The zero-order chi connectivity index (χ0) is 20.8. The molecular weight excluding hydrogens is 370 g/mol. The van der Waals surface area contributed by atoms with Gasteiger partial charge in [-0.25, -0.2) is 4.98 Å². The molecule has 0 aliphatic carbocycles. The number of aryl methyl sites for hydroxylation is 1. The van der Waals surface area contributed by atoms with Gasteiger partial charge in [0.05, 0.1) is 4.92 Å². The Morgan fingerprint density at radius 3 is 2.90 bits per heavy atom. The molecular formula is C20H29N7O2. The van der Waals surface area contributed by atoms with E-state index in [-0.39, 0.29) is 11.4 Å². The summed E-state index contributed by atoms with van der Waals surface area (Å²) in [5.74, 6) is 1.33. The number of rotatable bonds is 8. The number of nitro groups is 1. The lowest BCUT2D eigenvalue weighted by atomic mass is 10.1. The maximum absolute atomic E-state index is 11.2. The second kappa shape index (κ2) is 9.51. The van der Waals surface area contributed by atoms with Gasteiger partial charge in [0.2, 0.25) is 5.95 Å². The van der Waals surface area contributed by atoms with Gasteiger partial charge in [0.1, 0.15) is 11.5 Å². The third kappa shape index (κ3) is 5.32. The fourth-order valence-corrected chi connectivity index (χ4v) is 3.52. The number of piperidine rings is 1. The Balaban J connectivity index is 1.89. The Hall–Kier alpha value is -2.94. The van der Waals surface area contributed by atoms with Crippen LogP contribution in [0.2, 0.25) is 0 Å². The van der Waals surface area contributed by atoms with E-state index in [2.05, 4.69) is 33.5 Å². The molecule has 2 heterocycles. The monoisotopic (exact) mass is 399 g/mol. The van der Waals surface area contributed by atoms with E-state index in [4.69, 9.17) is 10.7 Å². The van der Waals surface area contributed by atoms with E-state index in [0.717, 1.165) is 56.7 Å². The first-order valence-electron chi connectivity index (χ1n) is 10.1. The Morgan fingerprint density at radius 1 is 1.34 bits per heavy atom. The van der Waals surface area contributed by atoms with Crippen LogP contribution in [0.1, 0.15) is 38.3 Å². The van der Waals surface area contributed by atoms with Gasteiger partial charge < -0.3 is 21.3 Å². The van der Waals surface area contributed by atoms with Gasteiger partial charge in [0.15, 0.2) is 0 Å². The molecule has 1 aliphatic rings. The molecule has 0 bridgehead atoms. The minimum Gasteiger partial charge on any atom is -0.393 e. The van der Waals surface area contributed by atoms with Crippen LogP contribution in [0.15, 0.2) is 24.3 Å². The second-order valence-electron chi connectivity index (χ2n) is 7.37. The highest BCUT2D eigenvalue weighted by Gasteiger charge is 2.21. The Morgan fingerprint density at radius 2 is 2.17 bits per heavy atom. The average molecular weight is 399 g/mol. The maximum Gasteiger partial charge on any atom is 0.294 e. The number of likely N-dealkylation sites (N-methyl/N-ethyl adjacent to an activating group) is 1. The van der Waals surface area contributed by atoms with Gasteiger partial charge >= 0.3 is 0 Å². The average Bonchev–Trinajstić information content (AvgIpc) is 2.73. The van der Waals surface area contributed by atoms with E-state index in [1.54, 1.807) is 6.07 Å². The third-order valence-corrected chi connectivity index (χ3v) is 5.19. The van der Waals surface area contributed by atoms with E-state index < -0.39 is 4.92 Å². The van der Waals surface area contributed by atoms with Crippen molar-refractivity contribution in [2.75, 3.05) is 36.1 Å². The first-order chi connectivity index (χ1) is 14.0. The van der Waals surface area contributed by atoms with Gasteiger partial charge in [-0.1, -0.05) is 13.3 Å². The molecule has 1 unspecified atom stereocenters. The van der Waals surface area contributed by atoms with Crippen molar-refractivity contribution in [3.63, 3.8) is 0 Å². The Bertz CT molecular complexity index is 859. The molecule has 0 saturated carbocycles. The first-order valence-corrected chi connectivity index (χ1v) is 10.1. The summed E-state index contributed by atoms with van der Waals surface area (Å²) in [6.45, 7) is 4.00. The van der Waals surface area contributed by atoms with Crippen molar-refractivity contribution in [3.05, 3.63) is 40.1 Å². The number of nitro benzene ring substituents is 1. The van der Waals surface area contributed by atoms with E-state index in [1.807, 2.05) is 7.05 Å². The highest BCUT2D eigenvalue weighted by molar-refractivity contribution is 5.68. The zero-order valence-corrected chi connectivity index (χ0v) is 17.0. The summed E-state index contributed by atoms with van der Waals surface area (Å²) in [5.41, 5.74) is 7.20. The van der Waals surface area contributed by atoms with Crippen LogP contribution < -0.4 is 21.3 Å². The predicted molar refractivity (Wildman–Crippen MR) is 116 cm³/mol. The molecule has 156 valence electrons. The van der Waals surface area contributed by atoms with Crippen LogP contribution in [0.4, 0.5) is 28.8 Å². The van der Waals surface area contributed by atoms with Crippen LogP contribution in [0.5, 0.6) is 0 Å². The fraction of sp³-hybridized carbons (Fsp3) is 0.500. The number of nitrogens with zero attached hydrogens (tertiary/aromatic N) is 4. The molecule has 3 rings (SSSR count). The van der Waals surface area contributed by atoms with Crippen molar-refractivity contribution in [1.29, 1.82) is 0 Å². The van der Waals surface area contributed by atoms with Gasteiger partial charge in [-0.15, -0.1) is 0 Å². The molecule has 9 heteroatoms. The Kier molecular flexibility index (Phi) is 6.82. The molecule has 0 spiro atoms. The van der Waals surface area contributed by atoms with Gasteiger partial charge in [0.25, 0.3) is 5.69 Å². The molecule has 4 N–H and O–H groups in total. The number of aromatic nitrogens is 2. The van der Waals surface area contributed by atoms with Crippen LogP contribution in [-0.2, 0) is 6.42 Å². The molecule has 29 heavy (non-hydrogen) atoms. The lowest BCUT2D eigenvalue weighted by molar-refractivity contribution is -0.383. The van der Waals surface area contributed by atoms with E-state index in [1.165, 1.54) is 12.1 Å². The molecule has 2 aromatic rings. The quantitative estimate of drug-likeness (QED) is 0.351. The molecule has 0 radical (unpaired) electrons. The van der Waals surface area contributed by atoms with Crippen molar-refractivity contribution < 1.29 is 4.92 Å². The fourth-order valence-electron chi connectivity index (χ4n) is 3.52. The zero-order valence-electron chi connectivity index (χ0n) is 17.0. The molecule has 9 nitrogen and oxygen atoms in total. The lowest BCUT2D eigenvalue weighted by Crippen LogP contribution is -2.44. The van der Waals surface area contributed by atoms with Crippen LogP contribution in [-0.4, -0.2) is 41.1 Å². The van der Waals surface area contributed by atoms with Crippen LogP contribution in [0.3, 0.4) is 0 Å². The first kappa shape index (κ1) is 20.8. The summed E-state index contributed by atoms with van der Waals surface area (Å²) in [6, 6.07) is 7.13. The summed E-state index contributed by atoms with van der Waals surface area (Å²) in [4.78, 5) is 22.3. The minimum atomic E-state index is -0.490. The normalized spacial score (nSPS) is 16.6. The summed E-state index contributed by atoms with van der Waals surface area (Å²) in [7, 11) is 1.99. The SMILES string of the molecule is CCCCc1cc(N2CCCC(NC)C2)nc(Nc2ccc(N)c([N+](=O)[O-])c2)n1. The molecule has 0 amide bonds. The van der Waals surface area contributed by atoms with Crippen LogP contribution >= 0.6 is 0 Å².